The highest BCUT2D eigenvalue weighted by Gasteiger charge is 2.35. The Morgan fingerprint density at radius 1 is 1.64 bits per heavy atom. The molecule has 2 atom stereocenters. The van der Waals surface area contributed by atoms with Gasteiger partial charge in [0.05, 0.1) is 12.5 Å². The number of alkyl halides is 1. The van der Waals surface area contributed by atoms with E-state index in [-0.39, 0.29) is 6.04 Å². The molecule has 0 spiro atoms. The average Bonchev–Trinajstić information content (AvgIpc) is 2.55. The lowest BCUT2D eigenvalue weighted by Crippen LogP contribution is -2.39. The largest absolute Gasteiger partial charge is 0.472 e. The van der Waals surface area contributed by atoms with Crippen molar-refractivity contribution in [3.05, 3.63) is 24.2 Å². The van der Waals surface area contributed by atoms with Crippen molar-refractivity contribution in [2.24, 2.45) is 5.73 Å². The van der Waals surface area contributed by atoms with E-state index in [1.54, 1.807) is 12.5 Å². The molecule has 3 heteroatoms. The molecule has 78 valence electrons. The zero-order chi connectivity index (χ0) is 10.0. The third-order valence-corrected chi connectivity index (χ3v) is 2.93. The van der Waals surface area contributed by atoms with Gasteiger partial charge in [-0.2, -0.15) is 0 Å². The molecule has 2 unspecified atom stereocenters. The van der Waals surface area contributed by atoms with Crippen LogP contribution in [0.15, 0.2) is 23.0 Å². The van der Waals surface area contributed by atoms with Crippen molar-refractivity contribution in [3.8, 4) is 0 Å². The van der Waals surface area contributed by atoms with Crippen LogP contribution in [0.3, 0.4) is 0 Å². The van der Waals surface area contributed by atoms with Gasteiger partial charge in [-0.25, -0.2) is 4.39 Å². The quantitative estimate of drug-likeness (QED) is 0.790. The summed E-state index contributed by atoms with van der Waals surface area (Å²) in [5.41, 5.74) is 5.60. The number of hydrogen-bond acceptors (Lipinski definition) is 2. The lowest BCUT2D eigenvalue weighted by molar-refractivity contribution is 0.0963. The standard InChI is InChI=1S/C11H16FNO/c12-11(4-1-2-10(13)7-11)6-9-3-5-14-8-9/h3,5,8,10H,1-2,4,6-7,13H2. The average molecular weight is 197 g/mol. The molecule has 0 aliphatic heterocycles. The fraction of sp³-hybridized carbons (Fsp3) is 0.636. The summed E-state index contributed by atoms with van der Waals surface area (Å²) in [5, 5.41) is 0. The third-order valence-electron chi connectivity index (χ3n) is 2.93. The van der Waals surface area contributed by atoms with Gasteiger partial charge in [0.25, 0.3) is 0 Å². The lowest BCUT2D eigenvalue weighted by Gasteiger charge is -2.32. The van der Waals surface area contributed by atoms with E-state index in [4.69, 9.17) is 10.2 Å². The number of halogens is 1. The van der Waals surface area contributed by atoms with Crippen LogP contribution in [0.25, 0.3) is 0 Å². The maximum absolute atomic E-state index is 14.3. The van der Waals surface area contributed by atoms with E-state index in [2.05, 4.69) is 0 Å². The van der Waals surface area contributed by atoms with E-state index in [0.29, 0.717) is 19.3 Å². The maximum Gasteiger partial charge on any atom is 0.116 e. The summed E-state index contributed by atoms with van der Waals surface area (Å²) in [6.07, 6.45) is 6.61. The van der Waals surface area contributed by atoms with Crippen LogP contribution in [0, 0.1) is 0 Å². The van der Waals surface area contributed by atoms with E-state index >= 15 is 0 Å². The topological polar surface area (TPSA) is 39.2 Å². The van der Waals surface area contributed by atoms with Gasteiger partial charge in [0.2, 0.25) is 0 Å². The molecule has 1 heterocycles. The van der Waals surface area contributed by atoms with E-state index < -0.39 is 5.67 Å². The molecular weight excluding hydrogens is 181 g/mol. The van der Waals surface area contributed by atoms with Gasteiger partial charge in [-0.3, -0.25) is 0 Å². The molecule has 0 amide bonds. The normalized spacial score (nSPS) is 33.1. The Bertz CT molecular complexity index is 285. The maximum atomic E-state index is 14.3. The first-order valence-corrected chi connectivity index (χ1v) is 5.14. The SMILES string of the molecule is NC1CCCC(F)(Cc2ccoc2)C1. The minimum absolute atomic E-state index is 0.0284. The van der Waals surface area contributed by atoms with Crippen LogP contribution in [-0.2, 0) is 6.42 Å². The molecule has 2 rings (SSSR count). The molecule has 0 saturated heterocycles. The molecule has 0 aromatic carbocycles. The van der Waals surface area contributed by atoms with E-state index in [9.17, 15) is 4.39 Å². The van der Waals surface area contributed by atoms with Gasteiger partial charge >= 0.3 is 0 Å². The third kappa shape index (κ3) is 2.15. The van der Waals surface area contributed by atoms with Crippen molar-refractivity contribution in [2.45, 2.75) is 43.8 Å². The molecule has 0 bridgehead atoms. The van der Waals surface area contributed by atoms with Crippen LogP contribution < -0.4 is 5.73 Å². The Morgan fingerprint density at radius 2 is 2.50 bits per heavy atom. The van der Waals surface area contributed by atoms with Gasteiger partial charge < -0.3 is 10.2 Å². The number of rotatable bonds is 2. The highest BCUT2D eigenvalue weighted by atomic mass is 19.1. The number of furan rings is 1. The Morgan fingerprint density at radius 3 is 3.14 bits per heavy atom. The Balaban J connectivity index is 2.01. The molecule has 1 saturated carbocycles. The summed E-state index contributed by atoms with van der Waals surface area (Å²) >= 11 is 0. The smallest absolute Gasteiger partial charge is 0.116 e. The van der Waals surface area contributed by atoms with Crippen LogP contribution >= 0.6 is 0 Å². The molecule has 1 aromatic rings. The molecule has 1 fully saturated rings. The van der Waals surface area contributed by atoms with Gasteiger partial charge in [-0.1, -0.05) is 0 Å². The first-order valence-electron chi connectivity index (χ1n) is 5.14. The minimum atomic E-state index is -1.11. The van der Waals surface area contributed by atoms with E-state index in [0.717, 1.165) is 18.4 Å². The predicted molar refractivity (Wildman–Crippen MR) is 52.7 cm³/mol. The molecule has 2 N–H and O–H groups in total. The number of hydrogen-bond donors (Lipinski definition) is 1. The van der Waals surface area contributed by atoms with Crippen LogP contribution in [0.1, 0.15) is 31.2 Å². The van der Waals surface area contributed by atoms with Gasteiger partial charge in [0.15, 0.2) is 0 Å². The fourth-order valence-electron chi connectivity index (χ4n) is 2.27. The first-order chi connectivity index (χ1) is 6.68. The lowest BCUT2D eigenvalue weighted by atomic mass is 9.80. The van der Waals surface area contributed by atoms with Crippen LogP contribution in [-0.4, -0.2) is 11.7 Å². The van der Waals surface area contributed by atoms with Crippen LogP contribution in [0.4, 0.5) is 4.39 Å². The summed E-state index contributed by atoms with van der Waals surface area (Å²) < 4.78 is 19.2. The zero-order valence-electron chi connectivity index (χ0n) is 8.21. The Hall–Kier alpha value is -0.830. The molecule has 2 nitrogen and oxygen atoms in total. The molecule has 1 aliphatic carbocycles. The summed E-state index contributed by atoms with van der Waals surface area (Å²) in [7, 11) is 0. The van der Waals surface area contributed by atoms with Crippen LogP contribution in [0.5, 0.6) is 0 Å². The highest BCUT2D eigenvalue weighted by molar-refractivity contribution is 5.10. The van der Waals surface area contributed by atoms with Crippen molar-refractivity contribution in [1.29, 1.82) is 0 Å². The second-order valence-corrected chi connectivity index (χ2v) is 4.32. The first kappa shape index (κ1) is 9.71. The minimum Gasteiger partial charge on any atom is -0.472 e. The molecule has 0 radical (unpaired) electrons. The summed E-state index contributed by atoms with van der Waals surface area (Å²) in [6, 6.07) is 1.85. The van der Waals surface area contributed by atoms with Crippen molar-refractivity contribution < 1.29 is 8.81 Å². The molecule has 14 heavy (non-hydrogen) atoms. The highest BCUT2D eigenvalue weighted by Crippen LogP contribution is 2.34. The Kier molecular flexibility index (Phi) is 2.59. The van der Waals surface area contributed by atoms with Gasteiger partial charge in [0.1, 0.15) is 5.67 Å². The van der Waals surface area contributed by atoms with Crippen LogP contribution in [0.2, 0.25) is 0 Å². The fourth-order valence-corrected chi connectivity index (χ4v) is 2.27. The van der Waals surface area contributed by atoms with E-state index in [1.807, 2.05) is 6.07 Å². The second-order valence-electron chi connectivity index (χ2n) is 4.32. The van der Waals surface area contributed by atoms with Crippen molar-refractivity contribution in [3.63, 3.8) is 0 Å². The number of nitrogens with two attached hydrogens (primary N) is 1. The second kappa shape index (κ2) is 3.73. The zero-order valence-corrected chi connectivity index (χ0v) is 8.21. The van der Waals surface area contributed by atoms with E-state index in [1.165, 1.54) is 0 Å². The van der Waals surface area contributed by atoms with Gasteiger partial charge in [-0.05, 0) is 37.3 Å². The van der Waals surface area contributed by atoms with Crippen molar-refractivity contribution in [2.75, 3.05) is 0 Å². The van der Waals surface area contributed by atoms with Gasteiger partial charge in [0, 0.05) is 12.5 Å². The molecular formula is C11H16FNO. The predicted octanol–water partition coefficient (Wildman–Crippen LogP) is 2.43. The summed E-state index contributed by atoms with van der Waals surface area (Å²) in [4.78, 5) is 0. The molecule has 1 aliphatic rings. The monoisotopic (exact) mass is 197 g/mol. The Labute approximate surface area is 83.3 Å². The summed E-state index contributed by atoms with van der Waals surface area (Å²) in [5.74, 6) is 0. The molecule has 1 aromatic heterocycles. The summed E-state index contributed by atoms with van der Waals surface area (Å²) in [6.45, 7) is 0. The van der Waals surface area contributed by atoms with Gasteiger partial charge in [-0.15, -0.1) is 0 Å². The van der Waals surface area contributed by atoms with Crippen molar-refractivity contribution >= 4 is 0 Å². The van der Waals surface area contributed by atoms with Crippen molar-refractivity contribution in [1.82, 2.24) is 0 Å².